The molecular formula is C15H22N4O. The molecule has 3 rings (SSSR count). The van der Waals surface area contributed by atoms with Gasteiger partial charge in [0.1, 0.15) is 11.3 Å². The van der Waals surface area contributed by atoms with Crippen molar-refractivity contribution in [2.75, 3.05) is 27.3 Å². The van der Waals surface area contributed by atoms with Gasteiger partial charge in [-0.05, 0) is 38.6 Å². The second-order valence-electron chi connectivity index (χ2n) is 5.45. The van der Waals surface area contributed by atoms with E-state index in [1.165, 1.54) is 19.3 Å². The van der Waals surface area contributed by atoms with Crippen molar-refractivity contribution in [2.24, 2.45) is 0 Å². The van der Waals surface area contributed by atoms with E-state index in [9.17, 15) is 0 Å². The van der Waals surface area contributed by atoms with Gasteiger partial charge in [0, 0.05) is 19.9 Å². The number of methoxy groups -OCH3 is 1. The molecule has 1 atom stereocenters. The molecule has 1 unspecified atom stereocenters. The van der Waals surface area contributed by atoms with Gasteiger partial charge in [-0.1, -0.05) is 6.42 Å². The first-order valence-corrected chi connectivity index (χ1v) is 7.31. The molecule has 2 aromatic heterocycles. The average Bonchev–Trinajstić information content (AvgIpc) is 2.84. The summed E-state index contributed by atoms with van der Waals surface area (Å²) < 4.78 is 7.47. The highest BCUT2D eigenvalue weighted by Gasteiger charge is 2.26. The van der Waals surface area contributed by atoms with Crippen molar-refractivity contribution >= 4 is 11.2 Å². The molecule has 0 saturated carbocycles. The standard InChI is InChI=1S/C15H22N4O/c1-18-9-4-3-7-13(18)15-17-12-6-5-8-16-14(12)19(15)10-11-20-2/h5-6,8,13H,3-4,7,9-11H2,1-2H3. The first-order chi connectivity index (χ1) is 9.81. The van der Waals surface area contributed by atoms with Crippen LogP contribution in [0.2, 0.25) is 0 Å². The Balaban J connectivity index is 2.03. The van der Waals surface area contributed by atoms with E-state index in [0.29, 0.717) is 12.6 Å². The Labute approximate surface area is 119 Å². The fraction of sp³-hybridized carbons (Fsp3) is 0.600. The van der Waals surface area contributed by atoms with Crippen LogP contribution >= 0.6 is 0 Å². The minimum atomic E-state index is 0.398. The fourth-order valence-corrected chi connectivity index (χ4v) is 3.03. The summed E-state index contributed by atoms with van der Waals surface area (Å²) in [6, 6.07) is 4.39. The van der Waals surface area contributed by atoms with Crippen molar-refractivity contribution in [1.29, 1.82) is 0 Å². The molecule has 2 aromatic rings. The lowest BCUT2D eigenvalue weighted by molar-refractivity contribution is 0.164. The van der Waals surface area contributed by atoms with Crippen molar-refractivity contribution in [3.63, 3.8) is 0 Å². The van der Waals surface area contributed by atoms with E-state index in [1.807, 2.05) is 18.3 Å². The summed E-state index contributed by atoms with van der Waals surface area (Å²) in [5.74, 6) is 1.14. The first kappa shape index (κ1) is 13.5. The van der Waals surface area contributed by atoms with Crippen LogP contribution < -0.4 is 0 Å². The highest BCUT2D eigenvalue weighted by atomic mass is 16.5. The Kier molecular flexibility index (Phi) is 3.98. The fourth-order valence-electron chi connectivity index (χ4n) is 3.03. The van der Waals surface area contributed by atoms with Gasteiger partial charge in [-0.2, -0.15) is 0 Å². The topological polar surface area (TPSA) is 43.2 Å². The van der Waals surface area contributed by atoms with E-state index in [2.05, 4.69) is 21.5 Å². The summed E-state index contributed by atoms with van der Waals surface area (Å²) in [5, 5.41) is 0. The van der Waals surface area contributed by atoms with Gasteiger partial charge < -0.3 is 9.30 Å². The molecule has 0 amide bonds. The number of aromatic nitrogens is 3. The summed E-state index contributed by atoms with van der Waals surface area (Å²) >= 11 is 0. The summed E-state index contributed by atoms with van der Waals surface area (Å²) in [6.07, 6.45) is 5.56. The van der Waals surface area contributed by atoms with Gasteiger partial charge in [0.15, 0.2) is 5.65 Å². The third-order valence-electron chi connectivity index (χ3n) is 4.12. The van der Waals surface area contributed by atoms with E-state index in [1.54, 1.807) is 7.11 Å². The maximum absolute atomic E-state index is 5.24. The SMILES string of the molecule is COCCn1c(C2CCCCN2C)nc2cccnc21. The molecule has 0 N–H and O–H groups in total. The second kappa shape index (κ2) is 5.89. The van der Waals surface area contributed by atoms with Crippen LogP contribution in [0.25, 0.3) is 11.2 Å². The molecule has 20 heavy (non-hydrogen) atoms. The van der Waals surface area contributed by atoms with Crippen molar-refractivity contribution in [3.05, 3.63) is 24.2 Å². The quantitative estimate of drug-likeness (QED) is 0.857. The van der Waals surface area contributed by atoms with Crippen LogP contribution in [-0.2, 0) is 11.3 Å². The van der Waals surface area contributed by atoms with Crippen molar-refractivity contribution in [1.82, 2.24) is 19.4 Å². The largest absolute Gasteiger partial charge is 0.383 e. The molecule has 1 aliphatic heterocycles. The van der Waals surface area contributed by atoms with Crippen molar-refractivity contribution in [3.8, 4) is 0 Å². The Hall–Kier alpha value is -1.46. The van der Waals surface area contributed by atoms with Gasteiger partial charge in [0.2, 0.25) is 0 Å². The van der Waals surface area contributed by atoms with Crippen molar-refractivity contribution in [2.45, 2.75) is 31.8 Å². The molecule has 0 bridgehead atoms. The van der Waals surface area contributed by atoms with Crippen LogP contribution in [0.1, 0.15) is 31.1 Å². The molecule has 108 valence electrons. The highest BCUT2D eigenvalue weighted by molar-refractivity contribution is 5.71. The van der Waals surface area contributed by atoms with Gasteiger partial charge in [-0.15, -0.1) is 0 Å². The minimum absolute atomic E-state index is 0.398. The maximum atomic E-state index is 5.24. The van der Waals surface area contributed by atoms with Crippen LogP contribution in [0.4, 0.5) is 0 Å². The zero-order valence-corrected chi connectivity index (χ0v) is 12.2. The molecular weight excluding hydrogens is 252 g/mol. The lowest BCUT2D eigenvalue weighted by atomic mass is 10.0. The van der Waals surface area contributed by atoms with Gasteiger partial charge >= 0.3 is 0 Å². The maximum Gasteiger partial charge on any atom is 0.160 e. The molecule has 5 heteroatoms. The Morgan fingerprint density at radius 2 is 2.30 bits per heavy atom. The van der Waals surface area contributed by atoms with E-state index < -0.39 is 0 Å². The molecule has 1 aliphatic rings. The molecule has 5 nitrogen and oxygen atoms in total. The lowest BCUT2D eigenvalue weighted by Gasteiger charge is -2.32. The van der Waals surface area contributed by atoms with E-state index >= 15 is 0 Å². The lowest BCUT2D eigenvalue weighted by Crippen LogP contribution is -2.32. The third-order valence-corrected chi connectivity index (χ3v) is 4.12. The van der Waals surface area contributed by atoms with Gasteiger partial charge in [0.05, 0.1) is 12.6 Å². The smallest absolute Gasteiger partial charge is 0.160 e. The molecule has 0 aliphatic carbocycles. The number of hydrogen-bond acceptors (Lipinski definition) is 4. The summed E-state index contributed by atoms with van der Waals surface area (Å²) in [5.41, 5.74) is 1.95. The first-order valence-electron chi connectivity index (χ1n) is 7.31. The molecule has 0 spiro atoms. The summed E-state index contributed by atoms with van der Waals surface area (Å²) in [6.45, 7) is 2.64. The number of fused-ring (bicyclic) bond motifs is 1. The van der Waals surface area contributed by atoms with Gasteiger partial charge in [-0.3, -0.25) is 4.90 Å². The molecule has 1 saturated heterocycles. The third kappa shape index (κ3) is 2.43. The van der Waals surface area contributed by atoms with Crippen LogP contribution in [0.3, 0.4) is 0 Å². The van der Waals surface area contributed by atoms with E-state index in [-0.39, 0.29) is 0 Å². The number of likely N-dealkylation sites (tertiary alicyclic amines) is 1. The normalized spacial score (nSPS) is 20.6. The van der Waals surface area contributed by atoms with Crippen LogP contribution in [0, 0.1) is 0 Å². The number of rotatable bonds is 4. The summed E-state index contributed by atoms with van der Waals surface area (Å²) in [4.78, 5) is 11.8. The van der Waals surface area contributed by atoms with Crippen LogP contribution in [0.15, 0.2) is 18.3 Å². The molecule has 1 fully saturated rings. The van der Waals surface area contributed by atoms with Crippen LogP contribution in [0.5, 0.6) is 0 Å². The monoisotopic (exact) mass is 274 g/mol. The predicted octanol–water partition coefficient (Wildman–Crippen LogP) is 2.23. The predicted molar refractivity (Wildman–Crippen MR) is 78.6 cm³/mol. The zero-order chi connectivity index (χ0) is 13.9. The number of nitrogens with zero attached hydrogens (tertiary/aromatic N) is 4. The van der Waals surface area contributed by atoms with Gasteiger partial charge in [-0.25, -0.2) is 9.97 Å². The number of imidazole rings is 1. The molecule has 3 heterocycles. The van der Waals surface area contributed by atoms with Crippen molar-refractivity contribution < 1.29 is 4.74 Å². The molecule has 0 aromatic carbocycles. The Bertz CT molecular complexity index is 580. The Morgan fingerprint density at radius 1 is 1.40 bits per heavy atom. The summed E-state index contributed by atoms with van der Waals surface area (Å²) in [7, 11) is 3.93. The number of hydrogen-bond donors (Lipinski definition) is 0. The Morgan fingerprint density at radius 3 is 3.10 bits per heavy atom. The van der Waals surface area contributed by atoms with E-state index in [4.69, 9.17) is 9.72 Å². The van der Waals surface area contributed by atoms with Gasteiger partial charge in [0.25, 0.3) is 0 Å². The highest BCUT2D eigenvalue weighted by Crippen LogP contribution is 2.30. The molecule has 0 radical (unpaired) electrons. The average molecular weight is 274 g/mol. The minimum Gasteiger partial charge on any atom is -0.383 e. The number of pyridine rings is 1. The number of ether oxygens (including phenoxy) is 1. The second-order valence-corrected chi connectivity index (χ2v) is 5.45. The zero-order valence-electron chi connectivity index (χ0n) is 12.2. The van der Waals surface area contributed by atoms with E-state index in [0.717, 1.165) is 30.1 Å². The number of piperidine rings is 1. The van der Waals surface area contributed by atoms with Crippen LogP contribution in [-0.4, -0.2) is 46.7 Å².